The van der Waals surface area contributed by atoms with Gasteiger partial charge in [-0.25, -0.2) is 4.79 Å². The molecule has 0 radical (unpaired) electrons. The maximum Gasteiger partial charge on any atom is 0.460 e. The highest BCUT2D eigenvalue weighted by molar-refractivity contribution is 5.85. The normalized spacial score (nSPS) is 15.2. The molecule has 0 saturated heterocycles. The van der Waals surface area contributed by atoms with E-state index in [0.29, 0.717) is 0 Å². The van der Waals surface area contributed by atoms with E-state index < -0.39 is 117 Å². The van der Waals surface area contributed by atoms with E-state index in [1.807, 2.05) is 5.32 Å². The van der Waals surface area contributed by atoms with Gasteiger partial charge in [0.1, 0.15) is 6.04 Å². The van der Waals surface area contributed by atoms with Crippen molar-refractivity contribution >= 4 is 17.8 Å². The smallest absolute Gasteiger partial charge is 0.460 e. The number of carbonyl (C=O) groups excluding carboxylic acids is 3. The molecule has 0 aliphatic heterocycles. The molecule has 0 spiro atoms. The molecule has 0 rings (SSSR count). The summed E-state index contributed by atoms with van der Waals surface area (Å²) in [4.78, 5) is 36.4. The third kappa shape index (κ3) is 10.8. The van der Waals surface area contributed by atoms with Crippen LogP contribution in [0.1, 0.15) is 32.1 Å². The summed E-state index contributed by atoms with van der Waals surface area (Å²) < 4.78 is 241. The van der Waals surface area contributed by atoms with Crippen LogP contribution in [0.4, 0.5) is 79.0 Å². The summed E-state index contributed by atoms with van der Waals surface area (Å²) in [5.41, 5.74) is 0. The number of carbonyl (C=O) groups is 3. The molecule has 0 aromatic rings. The lowest BCUT2D eigenvalue weighted by Crippen LogP contribution is -2.61. The Bertz CT molecular complexity index is 1120. The average Bonchev–Trinajstić information content (AvgIpc) is 2.87. The van der Waals surface area contributed by atoms with Crippen molar-refractivity contribution in [2.75, 3.05) is 40.9 Å². The number of nitrogens with zero attached hydrogens (tertiary/aromatic N) is 1. The minimum atomic E-state index is -7.25. The van der Waals surface area contributed by atoms with Gasteiger partial charge in [0.25, 0.3) is 0 Å². The van der Waals surface area contributed by atoms with Gasteiger partial charge in [-0.1, -0.05) is 0 Å². The maximum absolute atomic E-state index is 13.7. The van der Waals surface area contributed by atoms with Crippen LogP contribution in [0, 0.1) is 0 Å². The van der Waals surface area contributed by atoms with E-state index in [-0.39, 0.29) is 11.0 Å². The number of hydrogen-bond donors (Lipinski definition) is 1. The van der Waals surface area contributed by atoms with E-state index in [2.05, 4.69) is 9.47 Å². The fourth-order valence-electron chi connectivity index (χ4n) is 3.09. The molecular weight excluding hydrogens is 726 g/mol. The van der Waals surface area contributed by atoms with Crippen LogP contribution < -0.4 is 5.32 Å². The molecule has 284 valence electrons. The van der Waals surface area contributed by atoms with E-state index in [9.17, 15) is 93.4 Å². The topological polar surface area (TPSA) is 81.7 Å². The van der Waals surface area contributed by atoms with Gasteiger partial charge >= 0.3 is 59.8 Å². The molecule has 0 heterocycles. The van der Waals surface area contributed by atoms with Crippen molar-refractivity contribution in [1.82, 2.24) is 5.32 Å². The second-order valence-electron chi connectivity index (χ2n) is 11.0. The quantitative estimate of drug-likeness (QED) is 0.103. The minimum absolute atomic E-state index is 0.0244. The van der Waals surface area contributed by atoms with Crippen molar-refractivity contribution in [3.05, 3.63) is 0 Å². The largest absolute Gasteiger partial charge is 0.465 e. The number of hydrogen-bond acceptors (Lipinski definition) is 5. The first kappa shape index (κ1) is 45.1. The molecule has 0 aliphatic rings. The zero-order valence-electron chi connectivity index (χ0n) is 24.5. The van der Waals surface area contributed by atoms with Crippen LogP contribution in [0.5, 0.6) is 0 Å². The number of quaternary nitrogens is 1. The van der Waals surface area contributed by atoms with E-state index >= 15 is 0 Å². The molecule has 25 heteroatoms. The van der Waals surface area contributed by atoms with Crippen LogP contribution in [0.2, 0.25) is 0 Å². The molecule has 1 N–H and O–H groups in total. The summed E-state index contributed by atoms with van der Waals surface area (Å²) in [6.07, 6.45) is -22.3. The van der Waals surface area contributed by atoms with Crippen molar-refractivity contribution in [3.63, 3.8) is 0 Å². The molecule has 48 heavy (non-hydrogen) atoms. The third-order valence-electron chi connectivity index (χ3n) is 6.03. The Hall–Kier alpha value is -2.89. The molecular formula is C23H27F18N2O5+. The summed E-state index contributed by atoms with van der Waals surface area (Å²) in [7, 11) is 4.70. The number of ether oxygens (including phenoxy) is 2. The lowest BCUT2D eigenvalue weighted by Gasteiger charge is -2.33. The van der Waals surface area contributed by atoms with Crippen LogP contribution in [-0.2, 0) is 23.9 Å². The zero-order chi connectivity index (χ0) is 38.6. The number of alkyl halides is 18. The average molecular weight is 753 g/mol. The molecule has 0 fully saturated rings. The summed E-state index contributed by atoms with van der Waals surface area (Å²) in [5, 5.41) is 1.85. The first-order valence-electron chi connectivity index (χ1n) is 12.8. The Morgan fingerprint density at radius 3 is 1.31 bits per heavy atom. The van der Waals surface area contributed by atoms with Crippen LogP contribution in [0.15, 0.2) is 0 Å². The Morgan fingerprint density at radius 2 is 0.958 bits per heavy atom. The number of amides is 1. The Labute approximate surface area is 258 Å². The van der Waals surface area contributed by atoms with Crippen LogP contribution in [-0.4, -0.2) is 117 Å². The van der Waals surface area contributed by atoms with Crippen molar-refractivity contribution in [1.29, 1.82) is 0 Å². The summed E-state index contributed by atoms with van der Waals surface area (Å²) in [6.45, 7) is -3.89. The number of rotatable bonds is 18. The zero-order valence-corrected chi connectivity index (χ0v) is 24.5. The molecule has 0 aromatic heterocycles. The van der Waals surface area contributed by atoms with Gasteiger partial charge in [0, 0.05) is 6.42 Å². The van der Waals surface area contributed by atoms with E-state index in [4.69, 9.17) is 0 Å². The second kappa shape index (κ2) is 14.9. The fourth-order valence-corrected chi connectivity index (χ4v) is 3.09. The van der Waals surface area contributed by atoms with E-state index in [0.717, 1.165) is 0 Å². The van der Waals surface area contributed by atoms with Crippen molar-refractivity contribution in [3.8, 4) is 0 Å². The molecule has 1 unspecified atom stereocenters. The van der Waals surface area contributed by atoms with Gasteiger partial charge in [0.2, 0.25) is 5.91 Å². The van der Waals surface area contributed by atoms with Gasteiger partial charge in [-0.2, -0.15) is 79.0 Å². The fraction of sp³-hybridized carbons (Fsp3) is 0.870. The van der Waals surface area contributed by atoms with E-state index in [1.54, 1.807) is 21.1 Å². The van der Waals surface area contributed by atoms with Crippen molar-refractivity contribution in [2.24, 2.45) is 0 Å². The number of esters is 2. The highest BCUT2D eigenvalue weighted by Gasteiger charge is 2.82. The van der Waals surface area contributed by atoms with Gasteiger partial charge in [0.05, 0.1) is 60.2 Å². The number of halogens is 18. The van der Waals surface area contributed by atoms with Crippen LogP contribution in [0.3, 0.4) is 0 Å². The SMILES string of the molecule is C[N+](C)(C)CCC(=O)NC(CCC(=O)OCCC(F)(F)C(F)(F)C(F)(F)C(F)(F)F)C(=O)OCCC(F)(F)C(F)(F)C(F)(F)C(F)(F)F. The highest BCUT2D eigenvalue weighted by atomic mass is 19.4. The third-order valence-corrected chi connectivity index (χ3v) is 6.03. The Balaban J connectivity index is 5.60. The lowest BCUT2D eigenvalue weighted by atomic mass is 10.0. The monoisotopic (exact) mass is 753 g/mol. The molecule has 1 amide bonds. The van der Waals surface area contributed by atoms with Gasteiger partial charge < -0.3 is 19.3 Å². The Morgan fingerprint density at radius 1 is 0.583 bits per heavy atom. The molecule has 0 aromatic carbocycles. The van der Waals surface area contributed by atoms with Crippen molar-refractivity contribution in [2.45, 2.75) is 86.0 Å². The van der Waals surface area contributed by atoms with Crippen LogP contribution in [0.25, 0.3) is 0 Å². The Kier molecular flexibility index (Phi) is 14.0. The molecule has 1 atom stereocenters. The number of nitrogens with one attached hydrogen (secondary N) is 1. The van der Waals surface area contributed by atoms with Crippen LogP contribution >= 0.6 is 0 Å². The molecule has 7 nitrogen and oxygen atoms in total. The van der Waals surface area contributed by atoms with E-state index in [1.165, 1.54) is 0 Å². The molecule has 0 saturated carbocycles. The summed E-state index contributed by atoms with van der Waals surface area (Å²) >= 11 is 0. The molecule has 0 bridgehead atoms. The van der Waals surface area contributed by atoms with Crippen molar-refractivity contribution < 1.29 is 107 Å². The first-order valence-corrected chi connectivity index (χ1v) is 12.8. The second-order valence-corrected chi connectivity index (χ2v) is 11.0. The van der Waals surface area contributed by atoms with Gasteiger partial charge in [-0.3, -0.25) is 9.59 Å². The predicted molar refractivity (Wildman–Crippen MR) is 122 cm³/mol. The minimum Gasteiger partial charge on any atom is -0.465 e. The highest BCUT2D eigenvalue weighted by Crippen LogP contribution is 2.55. The summed E-state index contributed by atoms with van der Waals surface area (Å²) in [5.74, 6) is -45.6. The molecule has 0 aliphatic carbocycles. The van der Waals surface area contributed by atoms with Gasteiger partial charge in [-0.15, -0.1) is 0 Å². The lowest BCUT2D eigenvalue weighted by molar-refractivity contribution is -0.869. The van der Waals surface area contributed by atoms with Gasteiger partial charge in [0.15, 0.2) is 0 Å². The first-order chi connectivity index (χ1) is 21.0. The maximum atomic E-state index is 13.7. The summed E-state index contributed by atoms with van der Waals surface area (Å²) in [6, 6.07) is -2.17. The van der Waals surface area contributed by atoms with Gasteiger partial charge in [-0.05, 0) is 6.42 Å². The predicted octanol–water partition coefficient (Wildman–Crippen LogP) is 6.15. The standard InChI is InChI=1S/C23H26F18N2O5/c1-43(2,3)9-6-13(44)42-12(15(46)48-11-8-17(26,27)19(30,31)21(34,35)23(39,40)41)4-5-14(45)47-10-7-16(24,25)18(28,29)20(32,33)22(36,37)38/h12H,4-11H2,1-3H3/p+1.